The molecule has 1 N–H and O–H groups in total. The largest absolute Gasteiger partial charge is 0.375 e. The molecule has 5 heteroatoms. The van der Waals surface area contributed by atoms with Crippen molar-refractivity contribution >= 4 is 11.8 Å². The molecule has 0 amide bonds. The van der Waals surface area contributed by atoms with Gasteiger partial charge in [0, 0.05) is 25.2 Å². The van der Waals surface area contributed by atoms with E-state index in [1.807, 2.05) is 6.20 Å². The number of rotatable bonds is 4. The fraction of sp³-hybridized carbons (Fsp3) is 0.750. The van der Waals surface area contributed by atoms with Gasteiger partial charge in [-0.2, -0.15) is 11.8 Å². The van der Waals surface area contributed by atoms with Crippen LogP contribution in [0.5, 0.6) is 0 Å². The molecule has 1 aromatic rings. The first-order valence-corrected chi connectivity index (χ1v) is 9.19. The zero-order valence-electron chi connectivity index (χ0n) is 12.8. The molecule has 2 unspecified atom stereocenters. The minimum atomic E-state index is 0.129. The van der Waals surface area contributed by atoms with Crippen molar-refractivity contribution in [1.82, 2.24) is 15.3 Å². The number of hydrogen-bond acceptors (Lipinski definition) is 5. The number of ether oxygens (including phenoxy) is 1. The number of nitrogens with one attached hydrogen (secondary N) is 1. The third kappa shape index (κ3) is 3.58. The molecule has 0 radical (unpaired) electrons. The second kappa shape index (κ2) is 7.07. The second-order valence-electron chi connectivity index (χ2n) is 6.06. The summed E-state index contributed by atoms with van der Waals surface area (Å²) < 4.78 is 6.22. The van der Waals surface area contributed by atoms with Crippen LogP contribution in [-0.4, -0.2) is 40.2 Å². The Labute approximate surface area is 131 Å². The van der Waals surface area contributed by atoms with E-state index in [1.54, 1.807) is 12.4 Å². The van der Waals surface area contributed by atoms with Gasteiger partial charge in [0.2, 0.25) is 0 Å². The maximum absolute atomic E-state index is 6.22. The van der Waals surface area contributed by atoms with Gasteiger partial charge < -0.3 is 10.1 Å². The van der Waals surface area contributed by atoms with Crippen molar-refractivity contribution < 1.29 is 4.74 Å². The van der Waals surface area contributed by atoms with Gasteiger partial charge in [-0.25, -0.2) is 0 Å². The average molecular weight is 307 g/mol. The molecule has 2 aliphatic rings. The van der Waals surface area contributed by atoms with Crippen molar-refractivity contribution in [2.45, 2.75) is 44.2 Å². The highest BCUT2D eigenvalue weighted by Gasteiger charge is 2.41. The lowest BCUT2D eigenvalue weighted by Gasteiger charge is -2.45. The average Bonchev–Trinajstić information content (AvgIpc) is 2.54. The molecule has 2 atom stereocenters. The van der Waals surface area contributed by atoms with Gasteiger partial charge in [-0.1, -0.05) is 6.92 Å². The van der Waals surface area contributed by atoms with Crippen molar-refractivity contribution in [2.75, 3.05) is 24.7 Å². The van der Waals surface area contributed by atoms with Gasteiger partial charge >= 0.3 is 0 Å². The minimum Gasteiger partial charge on any atom is -0.375 e. The van der Waals surface area contributed by atoms with Crippen LogP contribution in [0.25, 0.3) is 0 Å². The first kappa shape index (κ1) is 15.3. The molecule has 1 spiro atoms. The van der Waals surface area contributed by atoms with Gasteiger partial charge in [0.05, 0.1) is 17.3 Å². The molecule has 4 nitrogen and oxygen atoms in total. The lowest BCUT2D eigenvalue weighted by molar-refractivity contribution is -0.107. The summed E-state index contributed by atoms with van der Waals surface area (Å²) in [7, 11) is 0. The lowest BCUT2D eigenvalue weighted by Crippen LogP contribution is -2.46. The Bertz CT molecular complexity index is 431. The second-order valence-corrected chi connectivity index (χ2v) is 7.29. The summed E-state index contributed by atoms with van der Waals surface area (Å²) in [4.78, 5) is 8.79. The maximum atomic E-state index is 6.22. The Morgan fingerprint density at radius 1 is 1.43 bits per heavy atom. The van der Waals surface area contributed by atoms with Gasteiger partial charge in [-0.15, -0.1) is 0 Å². The van der Waals surface area contributed by atoms with E-state index >= 15 is 0 Å². The fourth-order valence-electron chi connectivity index (χ4n) is 3.65. The van der Waals surface area contributed by atoms with Crippen molar-refractivity contribution in [3.05, 3.63) is 24.3 Å². The third-order valence-corrected chi connectivity index (χ3v) is 5.72. The van der Waals surface area contributed by atoms with E-state index in [4.69, 9.17) is 4.74 Å². The van der Waals surface area contributed by atoms with E-state index in [-0.39, 0.29) is 5.60 Å². The van der Waals surface area contributed by atoms with E-state index in [0.29, 0.717) is 12.0 Å². The first-order chi connectivity index (χ1) is 10.3. The summed E-state index contributed by atoms with van der Waals surface area (Å²) in [6, 6.07) is 0.305. The van der Waals surface area contributed by atoms with Crippen LogP contribution < -0.4 is 5.32 Å². The monoisotopic (exact) mass is 307 g/mol. The number of nitrogens with zero attached hydrogens (tertiary/aromatic N) is 2. The predicted octanol–water partition coefficient (Wildman–Crippen LogP) is 2.82. The summed E-state index contributed by atoms with van der Waals surface area (Å²) in [6.07, 6.45) is 10.1. The van der Waals surface area contributed by atoms with Crippen LogP contribution in [0.3, 0.4) is 0 Å². The van der Waals surface area contributed by atoms with Gasteiger partial charge in [-0.3, -0.25) is 9.97 Å². The molecule has 3 heterocycles. The molecule has 0 saturated carbocycles. The van der Waals surface area contributed by atoms with E-state index in [9.17, 15) is 0 Å². The van der Waals surface area contributed by atoms with Gasteiger partial charge in [0.1, 0.15) is 0 Å². The van der Waals surface area contributed by atoms with E-state index < -0.39 is 0 Å². The standard InChI is InChI=1S/C16H25N3OS/c1-2-18-15(14-12-17-6-7-19-14)13-3-8-20-16(11-13)4-9-21-10-5-16/h6-7,12-13,15,18H,2-5,8-11H2,1H3. The van der Waals surface area contributed by atoms with E-state index in [0.717, 1.165) is 31.7 Å². The maximum Gasteiger partial charge on any atom is 0.0758 e. The van der Waals surface area contributed by atoms with Gasteiger partial charge in [0.15, 0.2) is 0 Å². The van der Waals surface area contributed by atoms with E-state index in [2.05, 4.69) is 34.0 Å². The Morgan fingerprint density at radius 3 is 3.00 bits per heavy atom. The SMILES string of the molecule is CCNC(c1cnccn1)C1CCOC2(CCSCC2)C1. The quantitative estimate of drug-likeness (QED) is 0.927. The molecular weight excluding hydrogens is 282 g/mol. The predicted molar refractivity (Wildman–Crippen MR) is 86.4 cm³/mol. The molecular formula is C16H25N3OS. The zero-order valence-corrected chi connectivity index (χ0v) is 13.6. The van der Waals surface area contributed by atoms with Crippen LogP contribution in [-0.2, 0) is 4.74 Å². The molecule has 0 aliphatic carbocycles. The molecule has 2 fully saturated rings. The number of thioether (sulfide) groups is 1. The fourth-order valence-corrected chi connectivity index (χ4v) is 4.88. The summed E-state index contributed by atoms with van der Waals surface area (Å²) in [5.41, 5.74) is 1.20. The Balaban J connectivity index is 1.76. The van der Waals surface area contributed by atoms with Crippen molar-refractivity contribution in [3.8, 4) is 0 Å². The van der Waals surface area contributed by atoms with Crippen LogP contribution in [0.1, 0.15) is 44.3 Å². The van der Waals surface area contributed by atoms with Crippen LogP contribution in [0.15, 0.2) is 18.6 Å². The van der Waals surface area contributed by atoms with Crippen molar-refractivity contribution in [3.63, 3.8) is 0 Å². The van der Waals surface area contributed by atoms with Crippen LogP contribution in [0.2, 0.25) is 0 Å². The minimum absolute atomic E-state index is 0.129. The molecule has 0 aromatic carbocycles. The number of aromatic nitrogens is 2. The van der Waals surface area contributed by atoms with Gasteiger partial charge in [-0.05, 0) is 49.7 Å². The van der Waals surface area contributed by atoms with Crippen LogP contribution in [0, 0.1) is 5.92 Å². The first-order valence-electron chi connectivity index (χ1n) is 8.04. The number of hydrogen-bond donors (Lipinski definition) is 1. The molecule has 2 aliphatic heterocycles. The Morgan fingerprint density at radius 2 is 2.29 bits per heavy atom. The summed E-state index contributed by atoms with van der Waals surface area (Å²) in [5, 5.41) is 3.63. The smallest absolute Gasteiger partial charge is 0.0758 e. The highest BCUT2D eigenvalue weighted by molar-refractivity contribution is 7.99. The summed E-state index contributed by atoms with van der Waals surface area (Å²) >= 11 is 2.06. The normalized spacial score (nSPS) is 26.6. The topological polar surface area (TPSA) is 47.0 Å². The van der Waals surface area contributed by atoms with Gasteiger partial charge in [0.25, 0.3) is 0 Å². The van der Waals surface area contributed by atoms with E-state index in [1.165, 1.54) is 24.3 Å². The molecule has 0 bridgehead atoms. The Kier molecular flexibility index (Phi) is 5.14. The molecule has 2 saturated heterocycles. The molecule has 116 valence electrons. The van der Waals surface area contributed by atoms with Crippen LogP contribution in [0.4, 0.5) is 0 Å². The Hall–Kier alpha value is -0.650. The zero-order chi connectivity index (χ0) is 14.5. The summed E-state index contributed by atoms with van der Waals surface area (Å²) in [5.74, 6) is 3.08. The third-order valence-electron chi connectivity index (χ3n) is 4.73. The molecule has 1 aromatic heterocycles. The highest BCUT2D eigenvalue weighted by Crippen LogP contribution is 2.43. The van der Waals surface area contributed by atoms with Crippen LogP contribution >= 0.6 is 11.8 Å². The molecule has 21 heavy (non-hydrogen) atoms. The highest BCUT2D eigenvalue weighted by atomic mass is 32.2. The summed E-state index contributed by atoms with van der Waals surface area (Å²) in [6.45, 7) is 4.01. The molecule has 3 rings (SSSR count). The lowest BCUT2D eigenvalue weighted by atomic mass is 9.78. The van der Waals surface area contributed by atoms with Crippen molar-refractivity contribution in [1.29, 1.82) is 0 Å². The van der Waals surface area contributed by atoms with Crippen molar-refractivity contribution in [2.24, 2.45) is 5.92 Å².